The van der Waals surface area contributed by atoms with Crippen LogP contribution in [0.1, 0.15) is 37.8 Å². The summed E-state index contributed by atoms with van der Waals surface area (Å²) in [6.07, 6.45) is -1.07. The molecule has 0 saturated heterocycles. The molecule has 2 rings (SSSR count). The number of halogens is 2. The zero-order valence-electron chi connectivity index (χ0n) is 16.2. The van der Waals surface area contributed by atoms with Crippen molar-refractivity contribution in [1.29, 1.82) is 0 Å². The fourth-order valence-corrected chi connectivity index (χ4v) is 2.70. The number of hydrogen-bond donors (Lipinski definition) is 1. The normalized spacial score (nSPS) is 11.8. The van der Waals surface area contributed by atoms with Gasteiger partial charge < -0.3 is 14.8 Å². The lowest BCUT2D eigenvalue weighted by molar-refractivity contribution is -0.155. The van der Waals surface area contributed by atoms with Crippen molar-refractivity contribution in [3.05, 3.63) is 58.4 Å². The van der Waals surface area contributed by atoms with Crippen LogP contribution in [0, 0.1) is 12.7 Å². The van der Waals surface area contributed by atoms with Gasteiger partial charge in [-0.15, -0.1) is 0 Å². The summed E-state index contributed by atoms with van der Waals surface area (Å²) in [5.41, 5.74) is 2.22. The monoisotopic (exact) mass is 407 g/mol. The molecule has 0 unspecified atom stereocenters. The Morgan fingerprint density at radius 1 is 1.14 bits per heavy atom. The first-order valence-corrected chi connectivity index (χ1v) is 9.24. The third-order valence-electron chi connectivity index (χ3n) is 4.00. The Bertz CT molecular complexity index is 869. The predicted molar refractivity (Wildman–Crippen MR) is 106 cm³/mol. The Labute approximate surface area is 168 Å². The van der Waals surface area contributed by atoms with Crippen LogP contribution in [0.4, 0.5) is 10.1 Å². The number of aryl methyl sites for hydroxylation is 1. The van der Waals surface area contributed by atoms with Crippen molar-refractivity contribution < 1.29 is 23.5 Å². The van der Waals surface area contributed by atoms with Crippen LogP contribution in [0.5, 0.6) is 5.75 Å². The average molecular weight is 408 g/mol. The topological polar surface area (TPSA) is 64.6 Å². The van der Waals surface area contributed by atoms with E-state index in [2.05, 4.69) is 5.32 Å². The Kier molecular flexibility index (Phi) is 7.40. The molecule has 0 aliphatic carbocycles. The molecule has 0 bridgehead atoms. The maximum atomic E-state index is 13.1. The van der Waals surface area contributed by atoms with Gasteiger partial charge in [-0.05, 0) is 55.2 Å². The standard InChI is InChI=1S/C21H23ClFNO4/c1-12(2)16-7-5-13(3)9-19(16)27-11-20(25)28-14(4)21(26)24-18-8-6-15(23)10-17(18)22/h5-10,12,14H,11H2,1-4H3,(H,24,26)/t14-/m1/s1. The van der Waals surface area contributed by atoms with E-state index in [1.165, 1.54) is 19.1 Å². The second kappa shape index (κ2) is 9.55. The van der Waals surface area contributed by atoms with Gasteiger partial charge in [0.25, 0.3) is 5.91 Å². The number of nitrogens with one attached hydrogen (secondary N) is 1. The molecule has 0 aromatic heterocycles. The summed E-state index contributed by atoms with van der Waals surface area (Å²) in [5, 5.41) is 2.54. The van der Waals surface area contributed by atoms with Crippen LogP contribution in [-0.4, -0.2) is 24.6 Å². The highest BCUT2D eigenvalue weighted by Crippen LogP contribution is 2.27. The van der Waals surface area contributed by atoms with E-state index in [4.69, 9.17) is 21.1 Å². The van der Waals surface area contributed by atoms with Crippen molar-refractivity contribution in [1.82, 2.24) is 0 Å². The second-order valence-corrected chi connectivity index (χ2v) is 7.14. The molecule has 0 fully saturated rings. The smallest absolute Gasteiger partial charge is 0.344 e. The molecule has 2 aromatic rings. The predicted octanol–water partition coefficient (Wildman–Crippen LogP) is 4.86. The number of ether oxygens (including phenoxy) is 2. The average Bonchev–Trinajstić information content (AvgIpc) is 2.62. The highest BCUT2D eigenvalue weighted by molar-refractivity contribution is 6.33. The van der Waals surface area contributed by atoms with E-state index in [-0.39, 0.29) is 23.2 Å². The van der Waals surface area contributed by atoms with E-state index in [1.54, 1.807) is 0 Å². The molecule has 0 saturated carbocycles. The van der Waals surface area contributed by atoms with Crippen LogP contribution < -0.4 is 10.1 Å². The molecule has 0 radical (unpaired) electrons. The van der Waals surface area contributed by atoms with Gasteiger partial charge in [-0.1, -0.05) is 37.6 Å². The van der Waals surface area contributed by atoms with Crippen molar-refractivity contribution >= 4 is 29.2 Å². The van der Waals surface area contributed by atoms with Crippen molar-refractivity contribution in [3.8, 4) is 5.75 Å². The number of esters is 1. The minimum Gasteiger partial charge on any atom is -0.482 e. The van der Waals surface area contributed by atoms with E-state index in [0.29, 0.717) is 5.75 Å². The molecule has 5 nitrogen and oxygen atoms in total. The van der Waals surface area contributed by atoms with E-state index in [0.717, 1.165) is 17.2 Å². The van der Waals surface area contributed by atoms with Crippen molar-refractivity contribution in [2.45, 2.75) is 39.7 Å². The number of hydrogen-bond acceptors (Lipinski definition) is 4. The first-order valence-electron chi connectivity index (χ1n) is 8.86. The number of anilines is 1. The number of benzene rings is 2. The molecule has 0 spiro atoms. The molecule has 0 aliphatic rings. The van der Waals surface area contributed by atoms with Crippen molar-refractivity contribution in [2.75, 3.05) is 11.9 Å². The quantitative estimate of drug-likeness (QED) is 0.665. The lowest BCUT2D eigenvalue weighted by Gasteiger charge is -2.16. The van der Waals surface area contributed by atoms with E-state index in [1.807, 2.05) is 39.0 Å². The summed E-state index contributed by atoms with van der Waals surface area (Å²) in [7, 11) is 0. The molecule has 1 N–H and O–H groups in total. The number of rotatable bonds is 7. The third kappa shape index (κ3) is 5.96. The number of carbonyl (C=O) groups excluding carboxylic acids is 2. The van der Waals surface area contributed by atoms with Crippen LogP contribution >= 0.6 is 11.6 Å². The Balaban J connectivity index is 1.92. The molecular weight excluding hydrogens is 385 g/mol. The first-order chi connectivity index (χ1) is 13.2. The van der Waals surface area contributed by atoms with Gasteiger partial charge in [-0.3, -0.25) is 4.79 Å². The summed E-state index contributed by atoms with van der Waals surface area (Å²) in [6, 6.07) is 9.38. The van der Waals surface area contributed by atoms with Gasteiger partial charge >= 0.3 is 5.97 Å². The Hall–Kier alpha value is -2.60. The largest absolute Gasteiger partial charge is 0.482 e. The van der Waals surface area contributed by atoms with Gasteiger partial charge in [-0.25, -0.2) is 9.18 Å². The van der Waals surface area contributed by atoms with Crippen LogP contribution in [0.15, 0.2) is 36.4 Å². The molecular formula is C21H23ClFNO4. The van der Waals surface area contributed by atoms with Crippen molar-refractivity contribution in [2.24, 2.45) is 0 Å². The maximum absolute atomic E-state index is 13.1. The molecule has 150 valence electrons. The van der Waals surface area contributed by atoms with Crippen LogP contribution in [-0.2, 0) is 14.3 Å². The van der Waals surface area contributed by atoms with Crippen LogP contribution in [0.3, 0.4) is 0 Å². The molecule has 1 atom stereocenters. The lowest BCUT2D eigenvalue weighted by Crippen LogP contribution is -2.31. The summed E-state index contributed by atoms with van der Waals surface area (Å²) in [4.78, 5) is 24.2. The summed E-state index contributed by atoms with van der Waals surface area (Å²) >= 11 is 5.87. The fraction of sp³-hybridized carbons (Fsp3) is 0.333. The van der Waals surface area contributed by atoms with Gasteiger partial charge in [0.05, 0.1) is 10.7 Å². The molecule has 2 aromatic carbocycles. The molecule has 0 heterocycles. The summed E-state index contributed by atoms with van der Waals surface area (Å²) in [5.74, 6) is -0.931. The van der Waals surface area contributed by atoms with E-state index < -0.39 is 23.8 Å². The highest BCUT2D eigenvalue weighted by atomic mass is 35.5. The van der Waals surface area contributed by atoms with Crippen LogP contribution in [0.25, 0.3) is 0 Å². The Morgan fingerprint density at radius 3 is 2.50 bits per heavy atom. The van der Waals surface area contributed by atoms with Gasteiger partial charge in [0.1, 0.15) is 11.6 Å². The lowest BCUT2D eigenvalue weighted by atomic mass is 10.0. The number of amides is 1. The number of carbonyl (C=O) groups is 2. The van der Waals surface area contributed by atoms with E-state index in [9.17, 15) is 14.0 Å². The van der Waals surface area contributed by atoms with E-state index >= 15 is 0 Å². The molecule has 28 heavy (non-hydrogen) atoms. The van der Waals surface area contributed by atoms with Gasteiger partial charge in [0.15, 0.2) is 12.7 Å². The zero-order chi connectivity index (χ0) is 20.8. The molecule has 1 amide bonds. The maximum Gasteiger partial charge on any atom is 0.344 e. The fourth-order valence-electron chi connectivity index (χ4n) is 2.49. The minimum atomic E-state index is -1.07. The molecule has 0 aliphatic heterocycles. The SMILES string of the molecule is Cc1ccc(C(C)C)c(OCC(=O)O[C@H](C)C(=O)Nc2ccc(F)cc2Cl)c1. The van der Waals surface area contributed by atoms with Gasteiger partial charge in [0.2, 0.25) is 0 Å². The van der Waals surface area contributed by atoms with Gasteiger partial charge in [0, 0.05) is 0 Å². The first kappa shape index (κ1) is 21.7. The second-order valence-electron chi connectivity index (χ2n) is 6.73. The minimum absolute atomic E-state index is 0.0517. The Morgan fingerprint density at radius 2 is 1.86 bits per heavy atom. The highest BCUT2D eigenvalue weighted by Gasteiger charge is 2.20. The van der Waals surface area contributed by atoms with Gasteiger partial charge in [-0.2, -0.15) is 0 Å². The third-order valence-corrected chi connectivity index (χ3v) is 4.32. The summed E-state index contributed by atoms with van der Waals surface area (Å²) < 4.78 is 23.8. The summed E-state index contributed by atoms with van der Waals surface area (Å²) in [6.45, 7) is 7.10. The van der Waals surface area contributed by atoms with Crippen molar-refractivity contribution in [3.63, 3.8) is 0 Å². The molecule has 7 heteroatoms. The van der Waals surface area contributed by atoms with Crippen LogP contribution in [0.2, 0.25) is 5.02 Å². The zero-order valence-corrected chi connectivity index (χ0v) is 17.0.